The molecule has 0 atom stereocenters. The fourth-order valence-corrected chi connectivity index (χ4v) is 3.82. The predicted octanol–water partition coefficient (Wildman–Crippen LogP) is 6.17. The molecule has 0 fully saturated rings. The quantitative estimate of drug-likeness (QED) is 0.288. The highest BCUT2D eigenvalue weighted by molar-refractivity contribution is 6.32. The SMILES string of the molecule is CC(=O)Nc1ccc2cc(C(=O)NCc3ccc(Cl)c(Oc4cc(Cl)cc(C#N)c4)c3F)[nH]c2c1. The highest BCUT2D eigenvalue weighted by Crippen LogP contribution is 2.35. The lowest BCUT2D eigenvalue weighted by Gasteiger charge is -2.13. The molecule has 0 saturated carbocycles. The van der Waals surface area contributed by atoms with Gasteiger partial charge < -0.3 is 20.4 Å². The van der Waals surface area contributed by atoms with Gasteiger partial charge in [-0.25, -0.2) is 4.39 Å². The first-order valence-corrected chi connectivity index (χ1v) is 11.0. The number of hydrogen-bond donors (Lipinski definition) is 3. The van der Waals surface area contributed by atoms with Crippen molar-refractivity contribution in [2.45, 2.75) is 13.5 Å². The zero-order valence-corrected chi connectivity index (χ0v) is 19.7. The Bertz CT molecular complexity index is 1510. The topological polar surface area (TPSA) is 107 Å². The molecule has 0 bridgehead atoms. The van der Waals surface area contributed by atoms with Crippen molar-refractivity contribution in [2.24, 2.45) is 0 Å². The zero-order chi connectivity index (χ0) is 25.1. The molecule has 7 nitrogen and oxygen atoms in total. The molecule has 0 unspecified atom stereocenters. The standard InChI is InChI=1S/C25H17Cl2FN4O3/c1-13(33)31-18-4-2-15-8-22(32-21(15)10-18)25(34)30-12-16-3-5-20(27)24(23(16)28)35-19-7-14(11-29)6-17(26)9-19/h2-10,32H,12H2,1H3,(H,30,34)(H,31,33). The Labute approximate surface area is 209 Å². The number of aromatic nitrogens is 1. The summed E-state index contributed by atoms with van der Waals surface area (Å²) in [5, 5.41) is 15.5. The minimum Gasteiger partial charge on any atom is -0.453 e. The Kier molecular flexibility index (Phi) is 6.92. The van der Waals surface area contributed by atoms with Crippen molar-refractivity contribution < 1.29 is 18.7 Å². The van der Waals surface area contributed by atoms with Crippen molar-refractivity contribution in [1.82, 2.24) is 10.3 Å². The summed E-state index contributed by atoms with van der Waals surface area (Å²) in [6.07, 6.45) is 0. The molecule has 176 valence electrons. The van der Waals surface area contributed by atoms with Gasteiger partial charge in [0.05, 0.1) is 16.7 Å². The second-order valence-corrected chi connectivity index (χ2v) is 8.43. The number of ether oxygens (including phenoxy) is 1. The highest BCUT2D eigenvalue weighted by atomic mass is 35.5. The Morgan fingerprint density at radius 2 is 1.91 bits per heavy atom. The monoisotopic (exact) mass is 510 g/mol. The molecule has 0 radical (unpaired) electrons. The van der Waals surface area contributed by atoms with E-state index < -0.39 is 11.7 Å². The smallest absolute Gasteiger partial charge is 0.267 e. The Morgan fingerprint density at radius 1 is 1.11 bits per heavy atom. The predicted molar refractivity (Wildman–Crippen MR) is 131 cm³/mol. The zero-order valence-electron chi connectivity index (χ0n) is 18.2. The Morgan fingerprint density at radius 3 is 2.66 bits per heavy atom. The first-order chi connectivity index (χ1) is 16.7. The molecule has 0 saturated heterocycles. The molecule has 0 aliphatic rings. The van der Waals surface area contributed by atoms with E-state index in [1.807, 2.05) is 6.07 Å². The number of nitriles is 1. The molecule has 0 spiro atoms. The van der Waals surface area contributed by atoms with Crippen molar-refractivity contribution in [1.29, 1.82) is 5.26 Å². The number of nitrogens with one attached hydrogen (secondary N) is 3. The first kappa shape index (κ1) is 24.1. The van der Waals surface area contributed by atoms with Gasteiger partial charge >= 0.3 is 0 Å². The van der Waals surface area contributed by atoms with Crippen LogP contribution >= 0.6 is 23.2 Å². The number of halogens is 3. The average Bonchev–Trinajstić information content (AvgIpc) is 3.24. The van der Waals surface area contributed by atoms with Crippen LogP contribution in [-0.4, -0.2) is 16.8 Å². The van der Waals surface area contributed by atoms with Gasteiger partial charge in [-0.1, -0.05) is 35.3 Å². The van der Waals surface area contributed by atoms with Crippen LogP contribution in [0.25, 0.3) is 10.9 Å². The summed E-state index contributed by atoms with van der Waals surface area (Å²) >= 11 is 12.1. The summed E-state index contributed by atoms with van der Waals surface area (Å²) in [4.78, 5) is 26.9. The minimum atomic E-state index is -0.757. The molecular formula is C25H17Cl2FN4O3. The van der Waals surface area contributed by atoms with Gasteiger partial charge in [-0.05, 0) is 42.5 Å². The maximum absolute atomic E-state index is 15.2. The largest absolute Gasteiger partial charge is 0.453 e. The molecule has 0 aliphatic heterocycles. The average molecular weight is 511 g/mol. The third-order valence-electron chi connectivity index (χ3n) is 4.98. The summed E-state index contributed by atoms with van der Waals surface area (Å²) in [5.74, 6) is -1.52. The van der Waals surface area contributed by atoms with Gasteiger partial charge in [0.25, 0.3) is 5.91 Å². The summed E-state index contributed by atoms with van der Waals surface area (Å²) in [7, 11) is 0. The number of nitrogens with zero attached hydrogens (tertiary/aromatic N) is 1. The molecule has 10 heteroatoms. The second kappa shape index (κ2) is 10.1. The lowest BCUT2D eigenvalue weighted by Crippen LogP contribution is -2.23. The normalized spacial score (nSPS) is 10.6. The first-order valence-electron chi connectivity index (χ1n) is 10.3. The van der Waals surface area contributed by atoms with E-state index in [-0.39, 0.29) is 50.8 Å². The molecule has 4 rings (SSSR count). The molecule has 3 aromatic carbocycles. The maximum atomic E-state index is 15.2. The van der Waals surface area contributed by atoms with E-state index in [1.54, 1.807) is 24.3 Å². The number of anilines is 1. The van der Waals surface area contributed by atoms with E-state index in [0.29, 0.717) is 11.2 Å². The van der Waals surface area contributed by atoms with Crippen molar-refractivity contribution in [3.8, 4) is 17.6 Å². The lowest BCUT2D eigenvalue weighted by molar-refractivity contribution is -0.114. The van der Waals surface area contributed by atoms with Gasteiger partial charge in [0, 0.05) is 40.6 Å². The molecule has 3 N–H and O–H groups in total. The van der Waals surface area contributed by atoms with Crippen LogP contribution in [0, 0.1) is 17.1 Å². The van der Waals surface area contributed by atoms with Crippen LogP contribution in [0.4, 0.5) is 10.1 Å². The van der Waals surface area contributed by atoms with Crippen LogP contribution < -0.4 is 15.4 Å². The summed E-state index contributed by atoms with van der Waals surface area (Å²) < 4.78 is 20.8. The number of H-pyrrole nitrogens is 1. The third kappa shape index (κ3) is 5.54. The lowest BCUT2D eigenvalue weighted by atomic mass is 10.2. The number of carbonyl (C=O) groups excluding carboxylic acids is 2. The van der Waals surface area contributed by atoms with E-state index in [4.69, 9.17) is 33.2 Å². The second-order valence-electron chi connectivity index (χ2n) is 7.59. The molecule has 35 heavy (non-hydrogen) atoms. The number of benzene rings is 3. The van der Waals surface area contributed by atoms with Crippen LogP contribution in [0.5, 0.6) is 11.5 Å². The van der Waals surface area contributed by atoms with Gasteiger partial charge in [0.2, 0.25) is 5.91 Å². The van der Waals surface area contributed by atoms with Gasteiger partial charge in [-0.3, -0.25) is 9.59 Å². The van der Waals surface area contributed by atoms with E-state index in [9.17, 15) is 9.59 Å². The maximum Gasteiger partial charge on any atom is 0.267 e. The number of aromatic amines is 1. The number of fused-ring (bicyclic) bond motifs is 1. The summed E-state index contributed by atoms with van der Waals surface area (Å²) in [6.45, 7) is 1.27. The van der Waals surface area contributed by atoms with Crippen LogP contribution in [0.15, 0.2) is 54.6 Å². The van der Waals surface area contributed by atoms with E-state index >= 15 is 4.39 Å². The fraction of sp³-hybridized carbons (Fsp3) is 0.0800. The number of amides is 2. The Balaban J connectivity index is 1.51. The number of hydrogen-bond acceptors (Lipinski definition) is 4. The van der Waals surface area contributed by atoms with Gasteiger partial charge in [-0.15, -0.1) is 0 Å². The molecule has 0 aliphatic carbocycles. The molecule has 1 aromatic heterocycles. The third-order valence-corrected chi connectivity index (χ3v) is 5.49. The van der Waals surface area contributed by atoms with E-state index in [1.165, 1.54) is 37.3 Å². The van der Waals surface area contributed by atoms with Crippen LogP contribution in [-0.2, 0) is 11.3 Å². The molecule has 1 heterocycles. The van der Waals surface area contributed by atoms with Crippen LogP contribution in [0.1, 0.15) is 28.5 Å². The number of carbonyl (C=O) groups is 2. The van der Waals surface area contributed by atoms with Gasteiger partial charge in [0.1, 0.15) is 11.4 Å². The van der Waals surface area contributed by atoms with Crippen molar-refractivity contribution >= 4 is 51.6 Å². The molecule has 4 aromatic rings. The van der Waals surface area contributed by atoms with Gasteiger partial charge in [0.15, 0.2) is 11.6 Å². The van der Waals surface area contributed by atoms with E-state index in [2.05, 4.69) is 15.6 Å². The minimum absolute atomic E-state index is 0.0154. The molecule has 2 amide bonds. The van der Waals surface area contributed by atoms with Crippen molar-refractivity contribution in [3.63, 3.8) is 0 Å². The number of rotatable bonds is 6. The van der Waals surface area contributed by atoms with Crippen molar-refractivity contribution in [3.05, 3.63) is 87.3 Å². The Hall–Kier alpha value is -4.06. The summed E-state index contributed by atoms with van der Waals surface area (Å²) in [5.41, 5.74) is 1.91. The van der Waals surface area contributed by atoms with Crippen LogP contribution in [0.2, 0.25) is 10.0 Å². The van der Waals surface area contributed by atoms with Crippen molar-refractivity contribution in [2.75, 3.05) is 5.32 Å². The van der Waals surface area contributed by atoms with Crippen LogP contribution in [0.3, 0.4) is 0 Å². The summed E-state index contributed by atoms with van der Waals surface area (Å²) in [6, 6.07) is 16.0. The van der Waals surface area contributed by atoms with Gasteiger partial charge in [-0.2, -0.15) is 5.26 Å². The highest BCUT2D eigenvalue weighted by Gasteiger charge is 2.17. The van der Waals surface area contributed by atoms with E-state index in [0.717, 1.165) is 5.39 Å². The molecular weight excluding hydrogens is 494 g/mol. The fourth-order valence-electron chi connectivity index (χ4n) is 3.41.